The van der Waals surface area contributed by atoms with Gasteiger partial charge in [0, 0.05) is 13.1 Å². The Bertz CT molecular complexity index is 902. The second-order valence-corrected chi connectivity index (χ2v) is 9.82. The molecule has 2 aliphatic rings. The fourth-order valence-electron chi connectivity index (χ4n) is 4.64. The van der Waals surface area contributed by atoms with Crippen LogP contribution in [0.2, 0.25) is 0 Å². The molecule has 4 rings (SSSR count). The third-order valence-corrected chi connectivity index (χ3v) is 8.00. The van der Waals surface area contributed by atoms with Gasteiger partial charge in [-0.2, -0.15) is 4.31 Å². The van der Waals surface area contributed by atoms with Crippen molar-refractivity contribution >= 4 is 10.0 Å². The lowest BCUT2D eigenvalue weighted by atomic mass is 9.83. The van der Waals surface area contributed by atoms with E-state index in [1.165, 1.54) is 24.0 Å². The lowest BCUT2D eigenvalue weighted by Gasteiger charge is -2.43. The summed E-state index contributed by atoms with van der Waals surface area (Å²) in [6.07, 6.45) is 4.44. The van der Waals surface area contributed by atoms with Crippen LogP contribution in [0.15, 0.2) is 53.4 Å². The van der Waals surface area contributed by atoms with E-state index in [1.54, 1.807) is 23.5 Å². The lowest BCUT2D eigenvalue weighted by Crippen LogP contribution is -2.48. The SMILES string of the molecule is Cc1ccc(S(=O)(=O)N(C)[C@@H]2c3ccccc3CC[C@H]2N2CCCC2)cc1. The molecule has 5 heteroatoms. The van der Waals surface area contributed by atoms with Crippen molar-refractivity contribution in [3.8, 4) is 0 Å². The van der Waals surface area contributed by atoms with Crippen LogP contribution in [0.1, 0.15) is 42.0 Å². The maximum atomic E-state index is 13.4. The van der Waals surface area contributed by atoms with Gasteiger partial charge in [-0.25, -0.2) is 8.42 Å². The topological polar surface area (TPSA) is 40.6 Å². The summed E-state index contributed by atoms with van der Waals surface area (Å²) in [7, 11) is -1.80. The van der Waals surface area contributed by atoms with Crippen LogP contribution in [-0.4, -0.2) is 43.8 Å². The first-order valence-electron chi connectivity index (χ1n) is 9.85. The van der Waals surface area contributed by atoms with Crippen LogP contribution in [0.25, 0.3) is 0 Å². The minimum Gasteiger partial charge on any atom is -0.298 e. The summed E-state index contributed by atoms with van der Waals surface area (Å²) in [4.78, 5) is 2.88. The van der Waals surface area contributed by atoms with Crippen LogP contribution < -0.4 is 0 Å². The highest BCUT2D eigenvalue weighted by Gasteiger charge is 2.41. The molecule has 2 aromatic rings. The van der Waals surface area contributed by atoms with Crippen LogP contribution in [0.5, 0.6) is 0 Å². The molecule has 0 saturated carbocycles. The first-order valence-corrected chi connectivity index (χ1v) is 11.3. The molecule has 1 aliphatic heterocycles. The largest absolute Gasteiger partial charge is 0.298 e. The van der Waals surface area contributed by atoms with Crippen molar-refractivity contribution < 1.29 is 8.42 Å². The zero-order valence-corrected chi connectivity index (χ0v) is 17.0. The van der Waals surface area contributed by atoms with E-state index < -0.39 is 10.0 Å². The average Bonchev–Trinajstić information content (AvgIpc) is 3.21. The van der Waals surface area contributed by atoms with Crippen LogP contribution in [0.3, 0.4) is 0 Å². The Kier molecular flexibility index (Phi) is 5.10. The van der Waals surface area contributed by atoms with Crippen molar-refractivity contribution in [1.29, 1.82) is 0 Å². The molecule has 0 unspecified atom stereocenters. The number of hydrogen-bond donors (Lipinski definition) is 0. The third kappa shape index (κ3) is 3.44. The lowest BCUT2D eigenvalue weighted by molar-refractivity contribution is 0.139. The maximum absolute atomic E-state index is 13.4. The average molecular weight is 385 g/mol. The summed E-state index contributed by atoms with van der Waals surface area (Å²) in [5.41, 5.74) is 3.51. The van der Waals surface area contributed by atoms with Gasteiger partial charge >= 0.3 is 0 Å². The van der Waals surface area contributed by atoms with Gasteiger partial charge in [0.1, 0.15) is 0 Å². The number of sulfonamides is 1. The maximum Gasteiger partial charge on any atom is 0.243 e. The zero-order chi connectivity index (χ0) is 19.0. The van der Waals surface area contributed by atoms with Crippen LogP contribution in [0, 0.1) is 6.92 Å². The molecular formula is C22H28N2O2S. The van der Waals surface area contributed by atoms with Crippen molar-refractivity contribution in [2.45, 2.75) is 49.6 Å². The van der Waals surface area contributed by atoms with Gasteiger partial charge in [0.2, 0.25) is 10.0 Å². The summed E-state index contributed by atoms with van der Waals surface area (Å²) >= 11 is 0. The molecule has 0 radical (unpaired) electrons. The normalized spacial score (nSPS) is 23.5. The Morgan fingerprint density at radius 1 is 1.00 bits per heavy atom. The Balaban J connectivity index is 1.75. The second kappa shape index (κ2) is 7.38. The number of rotatable bonds is 4. The Morgan fingerprint density at radius 3 is 2.37 bits per heavy atom. The number of nitrogens with zero attached hydrogens (tertiary/aromatic N) is 2. The van der Waals surface area contributed by atoms with Crippen molar-refractivity contribution in [2.75, 3.05) is 20.1 Å². The molecule has 0 aromatic heterocycles. The molecule has 1 saturated heterocycles. The summed E-state index contributed by atoms with van der Waals surface area (Å²) in [6.45, 7) is 4.12. The second-order valence-electron chi connectivity index (χ2n) is 7.83. The summed E-state index contributed by atoms with van der Waals surface area (Å²) in [5, 5.41) is 0. The fourth-order valence-corrected chi connectivity index (χ4v) is 6.00. The third-order valence-electron chi connectivity index (χ3n) is 6.15. The minimum absolute atomic E-state index is 0.139. The molecule has 1 aliphatic carbocycles. The highest BCUT2D eigenvalue weighted by Crippen LogP contribution is 2.40. The number of likely N-dealkylation sites (N-methyl/N-ethyl adjacent to an activating group) is 1. The molecule has 2 aromatic carbocycles. The van der Waals surface area contributed by atoms with E-state index in [0.29, 0.717) is 4.90 Å². The van der Waals surface area contributed by atoms with Gasteiger partial charge in [0.15, 0.2) is 0 Å². The van der Waals surface area contributed by atoms with Crippen LogP contribution in [-0.2, 0) is 16.4 Å². The van der Waals surface area contributed by atoms with E-state index in [0.717, 1.165) is 31.5 Å². The first-order chi connectivity index (χ1) is 13.0. The van der Waals surface area contributed by atoms with Gasteiger partial charge in [0.25, 0.3) is 0 Å². The molecule has 2 atom stereocenters. The Labute approximate surface area is 162 Å². The zero-order valence-electron chi connectivity index (χ0n) is 16.1. The number of fused-ring (bicyclic) bond motifs is 1. The van der Waals surface area contributed by atoms with Crippen LogP contribution >= 0.6 is 0 Å². The van der Waals surface area contributed by atoms with Crippen molar-refractivity contribution in [1.82, 2.24) is 9.21 Å². The van der Waals surface area contributed by atoms with Gasteiger partial charge < -0.3 is 0 Å². The molecule has 1 fully saturated rings. The quantitative estimate of drug-likeness (QED) is 0.806. The van der Waals surface area contributed by atoms with Gasteiger partial charge in [-0.15, -0.1) is 0 Å². The molecule has 0 amide bonds. The molecule has 0 spiro atoms. The van der Waals surface area contributed by atoms with E-state index in [9.17, 15) is 8.42 Å². The number of hydrogen-bond acceptors (Lipinski definition) is 3. The predicted octanol–water partition coefficient (Wildman–Crippen LogP) is 3.77. The molecule has 27 heavy (non-hydrogen) atoms. The number of benzene rings is 2. The van der Waals surface area contributed by atoms with E-state index in [2.05, 4.69) is 23.1 Å². The number of likely N-dealkylation sites (tertiary alicyclic amines) is 1. The number of aryl methyl sites for hydroxylation is 2. The van der Waals surface area contributed by atoms with Crippen molar-refractivity contribution in [3.05, 3.63) is 65.2 Å². The van der Waals surface area contributed by atoms with E-state index >= 15 is 0 Å². The van der Waals surface area contributed by atoms with Gasteiger partial charge in [-0.1, -0.05) is 42.0 Å². The minimum atomic E-state index is -3.55. The Morgan fingerprint density at radius 2 is 1.67 bits per heavy atom. The summed E-state index contributed by atoms with van der Waals surface area (Å²) < 4.78 is 28.5. The van der Waals surface area contributed by atoms with Gasteiger partial charge in [0.05, 0.1) is 10.9 Å². The molecule has 1 heterocycles. The van der Waals surface area contributed by atoms with Gasteiger partial charge in [-0.05, 0) is 69.0 Å². The highest BCUT2D eigenvalue weighted by atomic mass is 32.2. The predicted molar refractivity (Wildman–Crippen MR) is 108 cm³/mol. The van der Waals surface area contributed by atoms with E-state index in [1.807, 2.05) is 25.1 Å². The summed E-state index contributed by atoms with van der Waals surface area (Å²) in [6, 6.07) is 15.6. The first kappa shape index (κ1) is 18.7. The molecule has 144 valence electrons. The molecular weight excluding hydrogens is 356 g/mol. The molecule has 4 nitrogen and oxygen atoms in total. The highest BCUT2D eigenvalue weighted by molar-refractivity contribution is 7.89. The molecule has 0 bridgehead atoms. The smallest absolute Gasteiger partial charge is 0.243 e. The van der Waals surface area contributed by atoms with E-state index in [4.69, 9.17) is 0 Å². The van der Waals surface area contributed by atoms with Crippen LogP contribution in [0.4, 0.5) is 0 Å². The summed E-state index contributed by atoms with van der Waals surface area (Å²) in [5.74, 6) is 0. The Hall–Kier alpha value is -1.69. The van der Waals surface area contributed by atoms with Crippen molar-refractivity contribution in [2.24, 2.45) is 0 Å². The van der Waals surface area contributed by atoms with Gasteiger partial charge in [-0.3, -0.25) is 4.90 Å². The monoisotopic (exact) mass is 384 g/mol. The fraction of sp³-hybridized carbons (Fsp3) is 0.455. The van der Waals surface area contributed by atoms with E-state index in [-0.39, 0.29) is 12.1 Å². The standard InChI is InChI=1S/C22H28N2O2S/c1-17-9-12-19(13-10-17)27(25,26)23(2)22-20-8-4-3-7-18(20)11-14-21(22)24-15-5-6-16-24/h3-4,7-10,12-13,21-22H,5-6,11,14-16H2,1-2H3/t21-,22-/m1/s1. The van der Waals surface area contributed by atoms with Crippen molar-refractivity contribution in [3.63, 3.8) is 0 Å². The molecule has 0 N–H and O–H groups in total.